The minimum atomic E-state index is -4.29. The lowest BCUT2D eigenvalue weighted by Gasteiger charge is -2.33. The molecule has 0 radical (unpaired) electrons. The van der Waals surface area contributed by atoms with Gasteiger partial charge in [-0.3, -0.25) is 9.78 Å². The van der Waals surface area contributed by atoms with Gasteiger partial charge in [-0.25, -0.2) is 9.71 Å². The number of anilines is 1. The van der Waals surface area contributed by atoms with Crippen LogP contribution in [0.4, 0.5) is 5.82 Å². The molecule has 1 atom stereocenters. The Morgan fingerprint density at radius 2 is 2.03 bits per heavy atom. The van der Waals surface area contributed by atoms with Crippen molar-refractivity contribution in [3.8, 4) is 11.6 Å². The predicted molar refractivity (Wildman–Crippen MR) is 128 cm³/mol. The summed E-state index contributed by atoms with van der Waals surface area (Å²) in [5, 5.41) is -0.00899. The lowest BCUT2D eigenvalue weighted by atomic mass is 9.97. The Labute approximate surface area is 203 Å². The van der Waals surface area contributed by atoms with Crippen molar-refractivity contribution in [2.24, 2.45) is 5.92 Å². The molecule has 1 fully saturated rings. The molecule has 178 valence electrons. The maximum atomic E-state index is 13.1. The van der Waals surface area contributed by atoms with E-state index in [-0.39, 0.29) is 22.0 Å². The van der Waals surface area contributed by atoms with Crippen molar-refractivity contribution in [1.29, 1.82) is 0 Å². The number of ether oxygens (including phenoxy) is 1. The molecule has 1 unspecified atom stereocenters. The van der Waals surface area contributed by atoms with Crippen LogP contribution in [-0.2, 0) is 10.0 Å². The molecule has 11 heteroatoms. The van der Waals surface area contributed by atoms with E-state index in [9.17, 15) is 13.2 Å². The van der Waals surface area contributed by atoms with E-state index >= 15 is 0 Å². The summed E-state index contributed by atoms with van der Waals surface area (Å²) in [7, 11) is -4.29. The molecular formula is C23H24ClN5O4S. The number of pyridine rings is 3. The van der Waals surface area contributed by atoms with E-state index in [1.807, 2.05) is 4.90 Å². The number of hydrogen-bond donors (Lipinski definition) is 1. The summed E-state index contributed by atoms with van der Waals surface area (Å²) in [6.07, 6.45) is 5.38. The fourth-order valence-electron chi connectivity index (χ4n) is 4.15. The highest BCUT2D eigenvalue weighted by atomic mass is 35.5. The first-order valence-electron chi connectivity index (χ1n) is 10.6. The van der Waals surface area contributed by atoms with Gasteiger partial charge in [-0.1, -0.05) is 24.6 Å². The number of nitrogens with one attached hydrogen (secondary N) is 1. The fourth-order valence-corrected chi connectivity index (χ4v) is 5.24. The van der Waals surface area contributed by atoms with Gasteiger partial charge in [0.05, 0.1) is 16.8 Å². The number of halogens is 1. The van der Waals surface area contributed by atoms with Gasteiger partial charge >= 0.3 is 0 Å². The average molecular weight is 502 g/mol. The van der Waals surface area contributed by atoms with Gasteiger partial charge in [-0.15, -0.1) is 0 Å². The molecule has 1 saturated heterocycles. The minimum absolute atomic E-state index is 0.00858. The second-order valence-corrected chi connectivity index (χ2v) is 10.9. The Morgan fingerprint density at radius 1 is 1.24 bits per heavy atom. The van der Waals surface area contributed by atoms with Crippen LogP contribution in [0.25, 0.3) is 0 Å². The number of nitrogens with zero attached hydrogens (tertiary/aromatic N) is 4. The quantitative estimate of drug-likeness (QED) is 0.537. The Kier molecular flexibility index (Phi) is 6.46. The van der Waals surface area contributed by atoms with E-state index in [0.29, 0.717) is 22.5 Å². The SMILES string of the molecule is CC1CN(c2ncccc2C(=O)NS(=O)(=O)c2cccc(Oc3cncc(Cl)c3)n2)C(C)(C)C1. The van der Waals surface area contributed by atoms with Crippen LogP contribution >= 0.6 is 11.6 Å². The van der Waals surface area contributed by atoms with Crippen molar-refractivity contribution >= 4 is 33.3 Å². The highest BCUT2D eigenvalue weighted by Gasteiger charge is 2.39. The number of carbonyl (C=O) groups is 1. The molecule has 1 amide bonds. The summed E-state index contributed by atoms with van der Waals surface area (Å²) in [6, 6.07) is 8.90. The van der Waals surface area contributed by atoms with Crippen molar-refractivity contribution in [2.45, 2.75) is 37.8 Å². The van der Waals surface area contributed by atoms with Crippen LogP contribution in [-0.4, -0.2) is 41.4 Å². The monoisotopic (exact) mass is 501 g/mol. The molecule has 9 nitrogen and oxygen atoms in total. The van der Waals surface area contributed by atoms with Crippen LogP contribution in [0.1, 0.15) is 37.6 Å². The maximum absolute atomic E-state index is 13.1. The molecule has 0 aliphatic carbocycles. The summed E-state index contributed by atoms with van der Waals surface area (Å²) < 4.78 is 33.6. The largest absolute Gasteiger partial charge is 0.437 e. The Morgan fingerprint density at radius 3 is 2.74 bits per heavy atom. The number of hydrogen-bond acceptors (Lipinski definition) is 8. The molecule has 0 spiro atoms. The number of amides is 1. The topological polar surface area (TPSA) is 114 Å². The number of sulfonamides is 1. The summed E-state index contributed by atoms with van der Waals surface area (Å²) >= 11 is 5.90. The first-order chi connectivity index (χ1) is 16.0. The van der Waals surface area contributed by atoms with Gasteiger partial charge in [0.15, 0.2) is 5.03 Å². The first kappa shape index (κ1) is 23.9. The zero-order chi connectivity index (χ0) is 24.5. The highest BCUT2D eigenvalue weighted by Crippen LogP contribution is 2.37. The van der Waals surface area contributed by atoms with Crippen molar-refractivity contribution in [2.75, 3.05) is 11.4 Å². The molecule has 1 aliphatic rings. The Balaban J connectivity index is 1.58. The van der Waals surface area contributed by atoms with Gasteiger partial charge in [-0.2, -0.15) is 13.4 Å². The van der Waals surface area contributed by atoms with Crippen LogP contribution in [0, 0.1) is 5.92 Å². The third-order valence-electron chi connectivity index (χ3n) is 5.46. The highest BCUT2D eigenvalue weighted by molar-refractivity contribution is 7.90. The molecule has 4 heterocycles. The van der Waals surface area contributed by atoms with Gasteiger partial charge in [0, 0.05) is 36.6 Å². The van der Waals surface area contributed by atoms with Crippen LogP contribution < -0.4 is 14.4 Å². The molecule has 0 saturated carbocycles. The van der Waals surface area contributed by atoms with Gasteiger partial charge in [0.25, 0.3) is 15.9 Å². The molecule has 3 aromatic heterocycles. The molecule has 1 N–H and O–H groups in total. The van der Waals surface area contributed by atoms with Crippen LogP contribution in [0.15, 0.2) is 60.0 Å². The third-order valence-corrected chi connectivity index (χ3v) is 6.90. The average Bonchev–Trinajstić information content (AvgIpc) is 3.05. The third kappa shape index (κ3) is 5.13. The summed E-state index contributed by atoms with van der Waals surface area (Å²) in [5.41, 5.74) is -0.0463. The number of rotatable bonds is 6. The smallest absolute Gasteiger partial charge is 0.281 e. The predicted octanol–water partition coefficient (Wildman–Crippen LogP) is 4.06. The molecule has 3 aromatic rings. The van der Waals surface area contributed by atoms with Crippen molar-refractivity contribution in [1.82, 2.24) is 19.7 Å². The lowest BCUT2D eigenvalue weighted by molar-refractivity contribution is 0.0981. The summed E-state index contributed by atoms with van der Waals surface area (Å²) in [6.45, 7) is 7.01. The molecule has 34 heavy (non-hydrogen) atoms. The van der Waals surface area contributed by atoms with E-state index in [1.165, 1.54) is 36.7 Å². The Hall–Kier alpha value is -3.24. The zero-order valence-corrected chi connectivity index (χ0v) is 20.5. The summed E-state index contributed by atoms with van der Waals surface area (Å²) in [5.74, 6) is 0.377. The van der Waals surface area contributed by atoms with Crippen LogP contribution in [0.2, 0.25) is 5.02 Å². The van der Waals surface area contributed by atoms with Gasteiger partial charge in [-0.05, 0) is 44.4 Å². The van der Waals surface area contributed by atoms with Crippen molar-refractivity contribution in [3.05, 3.63) is 65.6 Å². The minimum Gasteiger partial charge on any atom is -0.437 e. The molecule has 0 bridgehead atoms. The number of aromatic nitrogens is 3. The molecule has 0 aromatic carbocycles. The Bertz CT molecular complexity index is 1330. The van der Waals surface area contributed by atoms with Crippen LogP contribution in [0.5, 0.6) is 11.6 Å². The standard InChI is InChI=1S/C23H24ClN5O4S/c1-15-11-23(2,3)29(14-15)21-18(6-5-9-26-21)22(30)28-34(31,32)20-8-4-7-19(27-20)33-17-10-16(24)12-25-13-17/h4-10,12-13,15H,11,14H2,1-3H3,(H,28,30). The van der Waals surface area contributed by atoms with E-state index in [0.717, 1.165) is 13.0 Å². The lowest BCUT2D eigenvalue weighted by Crippen LogP contribution is -2.41. The molecule has 1 aliphatic heterocycles. The second kappa shape index (κ2) is 9.19. The first-order valence-corrected chi connectivity index (χ1v) is 12.5. The van der Waals surface area contributed by atoms with E-state index in [1.54, 1.807) is 18.3 Å². The summed E-state index contributed by atoms with van der Waals surface area (Å²) in [4.78, 5) is 27.5. The normalized spacial score (nSPS) is 17.4. The van der Waals surface area contributed by atoms with Crippen molar-refractivity contribution in [3.63, 3.8) is 0 Å². The van der Waals surface area contributed by atoms with Gasteiger partial charge in [0.2, 0.25) is 5.88 Å². The van der Waals surface area contributed by atoms with E-state index in [4.69, 9.17) is 16.3 Å². The second-order valence-electron chi connectivity index (χ2n) is 8.80. The van der Waals surface area contributed by atoms with E-state index < -0.39 is 15.9 Å². The van der Waals surface area contributed by atoms with E-state index in [2.05, 4.69) is 40.4 Å². The van der Waals surface area contributed by atoms with Gasteiger partial charge < -0.3 is 9.64 Å². The van der Waals surface area contributed by atoms with Crippen LogP contribution in [0.3, 0.4) is 0 Å². The van der Waals surface area contributed by atoms with Gasteiger partial charge in [0.1, 0.15) is 11.6 Å². The number of carbonyl (C=O) groups excluding carboxylic acids is 1. The molecular weight excluding hydrogens is 478 g/mol. The fraction of sp³-hybridized carbons (Fsp3) is 0.304. The molecule has 4 rings (SSSR count). The zero-order valence-electron chi connectivity index (χ0n) is 18.9. The van der Waals surface area contributed by atoms with Crippen molar-refractivity contribution < 1.29 is 17.9 Å². The maximum Gasteiger partial charge on any atom is 0.281 e.